The highest BCUT2D eigenvalue weighted by molar-refractivity contribution is 8.13. The molecule has 0 spiro atoms. The zero-order valence-electron chi connectivity index (χ0n) is 33.4. The van der Waals surface area contributed by atoms with Crippen molar-refractivity contribution in [3.63, 3.8) is 0 Å². The number of thioether (sulfide) groups is 1. The van der Waals surface area contributed by atoms with Crippen LogP contribution in [0, 0.1) is 17.3 Å². The number of aliphatic hydroxyl groups excluding tert-OH is 2. The molecule has 0 aromatic carbocycles. The normalized spacial score (nSPS) is 21.9. The molecule has 2 aromatic heterocycles. The van der Waals surface area contributed by atoms with Gasteiger partial charge in [-0.2, -0.15) is 4.31 Å². The van der Waals surface area contributed by atoms with Crippen molar-refractivity contribution in [2.75, 3.05) is 37.8 Å². The van der Waals surface area contributed by atoms with Gasteiger partial charge in [0.15, 0.2) is 22.8 Å². The molecule has 1 aliphatic rings. The smallest absolute Gasteiger partial charge is 0.481 e. The number of aliphatic hydroxyl groups is 2. The molecule has 0 radical (unpaired) electrons. The SMILES string of the molecule is CC(CCCC(C)C(=O)SCCNC(=O)CCNC(=O)[C@H](O)C(C)(C)COP(=O)(O)OP(=O)(O)OC[C@H]1O[C@@H](n2cnc3c(N)ncnc32)[C@@H](O)[C@@H]1OP(=O)(O)O)CC(=O)O. The summed E-state index contributed by atoms with van der Waals surface area (Å²) in [6.07, 6.45) is -4.94. The molecule has 0 saturated carbocycles. The van der Waals surface area contributed by atoms with Crippen LogP contribution < -0.4 is 16.4 Å². The Hall–Kier alpha value is -2.97. The van der Waals surface area contributed by atoms with E-state index in [4.69, 9.17) is 24.6 Å². The highest BCUT2D eigenvalue weighted by Crippen LogP contribution is 2.61. The maximum absolute atomic E-state index is 12.7. The molecule has 0 bridgehead atoms. The fraction of sp³-hybridized carbons (Fsp3) is 0.710. The van der Waals surface area contributed by atoms with Gasteiger partial charge in [0.05, 0.1) is 19.5 Å². The van der Waals surface area contributed by atoms with E-state index >= 15 is 0 Å². The number of carbonyl (C=O) groups excluding carboxylic acids is 3. The maximum atomic E-state index is 12.7. The lowest BCUT2D eigenvalue weighted by molar-refractivity contribution is -0.138. The van der Waals surface area contributed by atoms with Crippen molar-refractivity contribution in [3.8, 4) is 0 Å². The Labute approximate surface area is 353 Å². The highest BCUT2D eigenvalue weighted by atomic mass is 32.2. The molecule has 9 atom stereocenters. The summed E-state index contributed by atoms with van der Waals surface area (Å²) in [7, 11) is -16.4. The number of nitrogens with one attached hydrogen (secondary N) is 2. The lowest BCUT2D eigenvalue weighted by Gasteiger charge is -2.30. The molecule has 11 N–H and O–H groups in total. The topological polar surface area (TPSA) is 401 Å². The number of imidazole rings is 1. The Morgan fingerprint density at radius 1 is 1.02 bits per heavy atom. The number of carboxylic acid groups (broad SMARTS) is 1. The van der Waals surface area contributed by atoms with Crippen molar-refractivity contribution < 1.29 is 90.4 Å². The number of nitrogens with two attached hydrogens (primary N) is 1. The third-order valence-electron chi connectivity index (χ3n) is 9.01. The number of nitrogen functional groups attached to an aromatic ring is 1. The van der Waals surface area contributed by atoms with Gasteiger partial charge < -0.3 is 56.0 Å². The number of aromatic nitrogens is 4. The number of carboxylic acids is 1. The summed E-state index contributed by atoms with van der Waals surface area (Å²) in [5.41, 5.74) is 4.23. The van der Waals surface area contributed by atoms with Gasteiger partial charge in [0, 0.05) is 43.0 Å². The van der Waals surface area contributed by atoms with E-state index < -0.39 is 90.5 Å². The summed E-state index contributed by atoms with van der Waals surface area (Å²) in [6, 6.07) is 0. The van der Waals surface area contributed by atoms with Crippen molar-refractivity contribution in [3.05, 3.63) is 12.7 Å². The number of aliphatic carboxylic acids is 1. The first-order valence-corrected chi connectivity index (χ1v) is 24.0. The lowest BCUT2D eigenvalue weighted by atomic mass is 9.87. The Balaban J connectivity index is 1.42. The molecule has 26 nitrogen and oxygen atoms in total. The standard InChI is InChI=1S/C31H52N7O19P3S/c1-17(12-21(40)41)6-5-7-18(2)30(45)61-11-10-33-20(39)8-9-34-28(44)25(43)31(3,4)14-54-60(51,52)57-59(49,50)53-13-19-24(56-58(46,47)48)23(42)29(55-19)38-16-37-22-26(32)35-15-36-27(22)38/h15-19,23-25,29,42-43H,5-14H2,1-4H3,(H,33,39)(H,34,44)(H,40,41)(H,49,50)(H,51,52)(H2,32,35,36)(H2,46,47,48)/t17?,18?,19-,23+,24-,25+,29-/m1/s1. The minimum absolute atomic E-state index is 0.0107. The van der Waals surface area contributed by atoms with Crippen LogP contribution in [0.5, 0.6) is 0 Å². The summed E-state index contributed by atoms with van der Waals surface area (Å²) in [4.78, 5) is 99.0. The molecule has 0 aliphatic carbocycles. The molecular formula is C31H52N7O19P3S. The monoisotopic (exact) mass is 951 g/mol. The van der Waals surface area contributed by atoms with Gasteiger partial charge in [-0.1, -0.05) is 52.3 Å². The average Bonchev–Trinajstić information content (AvgIpc) is 3.70. The van der Waals surface area contributed by atoms with Gasteiger partial charge in [-0.25, -0.2) is 28.6 Å². The first-order valence-electron chi connectivity index (χ1n) is 18.5. The second-order valence-corrected chi connectivity index (χ2v) is 20.1. The largest absolute Gasteiger partial charge is 0.481 e. The predicted octanol–water partition coefficient (Wildman–Crippen LogP) is 0.582. The number of amides is 2. The van der Waals surface area contributed by atoms with E-state index in [2.05, 4.69) is 34.4 Å². The van der Waals surface area contributed by atoms with Crippen LogP contribution in [0.2, 0.25) is 0 Å². The third-order valence-corrected chi connectivity index (χ3v) is 13.2. The minimum Gasteiger partial charge on any atom is -0.481 e. The van der Waals surface area contributed by atoms with E-state index in [0.717, 1.165) is 29.0 Å². The molecule has 3 rings (SSSR count). The average molecular weight is 952 g/mol. The molecule has 61 heavy (non-hydrogen) atoms. The fourth-order valence-electron chi connectivity index (χ4n) is 5.71. The van der Waals surface area contributed by atoms with Crippen LogP contribution in [0.4, 0.5) is 5.82 Å². The zero-order valence-corrected chi connectivity index (χ0v) is 36.9. The van der Waals surface area contributed by atoms with Crippen LogP contribution in [0.15, 0.2) is 12.7 Å². The number of fused-ring (bicyclic) bond motifs is 1. The Bertz CT molecular complexity index is 1990. The zero-order chi connectivity index (χ0) is 45.9. The van der Waals surface area contributed by atoms with Crippen LogP contribution in [-0.2, 0) is 55.5 Å². The number of phosphoric ester groups is 3. The van der Waals surface area contributed by atoms with Crippen LogP contribution >= 0.6 is 35.2 Å². The predicted molar refractivity (Wildman–Crippen MR) is 212 cm³/mol. The van der Waals surface area contributed by atoms with Crippen molar-refractivity contribution in [1.82, 2.24) is 30.2 Å². The number of hydrogen-bond acceptors (Lipinski definition) is 19. The highest BCUT2D eigenvalue weighted by Gasteiger charge is 2.50. The third kappa shape index (κ3) is 16.9. The van der Waals surface area contributed by atoms with Gasteiger partial charge in [-0.15, -0.1) is 0 Å². The Kier molecular flexibility index (Phi) is 19.4. The molecule has 346 valence electrons. The van der Waals surface area contributed by atoms with Gasteiger partial charge >= 0.3 is 29.4 Å². The molecule has 2 amide bonds. The Morgan fingerprint density at radius 2 is 1.69 bits per heavy atom. The molecule has 2 aromatic rings. The van der Waals surface area contributed by atoms with E-state index in [1.165, 1.54) is 13.8 Å². The molecule has 4 unspecified atom stereocenters. The molecular weight excluding hydrogens is 899 g/mol. The summed E-state index contributed by atoms with van der Waals surface area (Å²) >= 11 is 1.05. The summed E-state index contributed by atoms with van der Waals surface area (Å²) in [5.74, 6) is -2.31. The number of rotatable bonds is 26. The van der Waals surface area contributed by atoms with Crippen LogP contribution in [0.3, 0.4) is 0 Å². The molecule has 1 aliphatic heterocycles. The number of hydrogen-bond donors (Lipinski definition) is 10. The van der Waals surface area contributed by atoms with E-state index in [1.54, 1.807) is 6.92 Å². The van der Waals surface area contributed by atoms with Gasteiger partial charge in [-0.05, 0) is 12.3 Å². The van der Waals surface area contributed by atoms with Gasteiger partial charge in [0.25, 0.3) is 0 Å². The number of ether oxygens (including phenoxy) is 1. The quantitative estimate of drug-likeness (QED) is 0.0455. The molecule has 30 heteroatoms. The number of anilines is 1. The maximum Gasteiger partial charge on any atom is 0.481 e. The van der Waals surface area contributed by atoms with Crippen molar-refractivity contribution in [2.24, 2.45) is 17.3 Å². The van der Waals surface area contributed by atoms with E-state index in [9.17, 15) is 62.7 Å². The number of phosphoric acid groups is 3. The summed E-state index contributed by atoms with van der Waals surface area (Å²) in [6.45, 7) is 3.99. The molecule has 3 heterocycles. The minimum atomic E-state index is -5.59. The van der Waals surface area contributed by atoms with Gasteiger partial charge in [-0.3, -0.25) is 37.3 Å². The second-order valence-electron chi connectivity index (χ2n) is 14.8. The van der Waals surface area contributed by atoms with Crippen molar-refractivity contribution >= 4 is 75.1 Å². The fourth-order valence-corrected chi connectivity index (χ4v) is 9.35. The van der Waals surface area contributed by atoms with E-state index in [1.807, 2.05) is 6.92 Å². The van der Waals surface area contributed by atoms with Crippen LogP contribution in [0.1, 0.15) is 66.0 Å². The van der Waals surface area contributed by atoms with Gasteiger partial charge in [0.2, 0.25) is 11.8 Å². The van der Waals surface area contributed by atoms with Crippen molar-refractivity contribution in [2.45, 2.75) is 90.4 Å². The number of nitrogens with zero attached hydrogens (tertiary/aromatic N) is 4. The first kappa shape index (κ1) is 52.4. The van der Waals surface area contributed by atoms with E-state index in [-0.39, 0.29) is 59.9 Å². The summed E-state index contributed by atoms with van der Waals surface area (Å²) in [5, 5.41) is 35.2. The molecule has 1 fully saturated rings. The lowest BCUT2D eigenvalue weighted by Crippen LogP contribution is -2.46. The second kappa shape index (κ2) is 22.6. The molecule has 1 saturated heterocycles. The van der Waals surface area contributed by atoms with Crippen LogP contribution in [0.25, 0.3) is 11.2 Å². The number of carbonyl (C=O) groups is 4. The summed E-state index contributed by atoms with van der Waals surface area (Å²) < 4.78 is 62.2. The first-order chi connectivity index (χ1) is 28.2. The Morgan fingerprint density at radius 3 is 2.34 bits per heavy atom. The van der Waals surface area contributed by atoms with E-state index in [0.29, 0.717) is 25.0 Å². The van der Waals surface area contributed by atoms with Gasteiger partial charge in [0.1, 0.15) is 36.3 Å². The van der Waals surface area contributed by atoms with Crippen molar-refractivity contribution in [1.29, 1.82) is 0 Å². The van der Waals surface area contributed by atoms with Crippen LogP contribution in [-0.4, -0.2) is 134 Å².